The first-order valence-corrected chi connectivity index (χ1v) is 7.74. The maximum absolute atomic E-state index is 12.4. The second-order valence-electron chi connectivity index (χ2n) is 6.00. The van der Waals surface area contributed by atoms with Crippen LogP contribution in [-0.4, -0.2) is 28.2 Å². The molecule has 1 saturated carbocycles. The van der Waals surface area contributed by atoms with Gasteiger partial charge in [-0.05, 0) is 37.8 Å². The zero-order valence-electron chi connectivity index (χ0n) is 12.4. The summed E-state index contributed by atoms with van der Waals surface area (Å²) in [4.78, 5) is 12.4. The van der Waals surface area contributed by atoms with Crippen LogP contribution in [0.4, 0.5) is 0 Å². The third-order valence-corrected chi connectivity index (χ3v) is 4.60. The average molecular weight is 319 g/mol. The molecule has 0 saturated heterocycles. The third kappa shape index (κ3) is 2.87. The minimum Gasteiger partial charge on any atom is -0.344 e. The molecule has 1 amide bonds. The Morgan fingerprint density at radius 1 is 1.50 bits per heavy atom. The van der Waals surface area contributed by atoms with Gasteiger partial charge in [-0.25, -0.2) is 0 Å². The number of benzene rings is 1. The molecule has 22 heavy (non-hydrogen) atoms. The second kappa shape index (κ2) is 5.74. The van der Waals surface area contributed by atoms with E-state index in [0.29, 0.717) is 28.9 Å². The molecule has 6 heteroatoms. The SMILES string of the molecule is CC(CN)(NC(=O)c1cc(-c2ccccc2Cl)n[nH]1)C1CC1. The topological polar surface area (TPSA) is 83.8 Å². The van der Waals surface area contributed by atoms with Crippen molar-refractivity contribution >= 4 is 17.5 Å². The number of nitrogens with one attached hydrogen (secondary N) is 2. The van der Waals surface area contributed by atoms with Crippen molar-refractivity contribution in [3.05, 3.63) is 41.0 Å². The van der Waals surface area contributed by atoms with Crippen molar-refractivity contribution in [3.8, 4) is 11.3 Å². The molecule has 116 valence electrons. The summed E-state index contributed by atoms with van der Waals surface area (Å²) in [6.45, 7) is 2.42. The number of hydrogen-bond donors (Lipinski definition) is 3. The minimum absolute atomic E-state index is 0.189. The molecule has 1 fully saturated rings. The van der Waals surface area contributed by atoms with E-state index in [2.05, 4.69) is 15.5 Å². The van der Waals surface area contributed by atoms with Crippen molar-refractivity contribution in [2.45, 2.75) is 25.3 Å². The van der Waals surface area contributed by atoms with Crippen LogP contribution in [0.3, 0.4) is 0 Å². The maximum Gasteiger partial charge on any atom is 0.269 e. The highest BCUT2D eigenvalue weighted by Crippen LogP contribution is 2.39. The van der Waals surface area contributed by atoms with E-state index in [1.165, 1.54) is 0 Å². The van der Waals surface area contributed by atoms with Gasteiger partial charge in [-0.2, -0.15) is 5.10 Å². The van der Waals surface area contributed by atoms with Crippen LogP contribution >= 0.6 is 11.6 Å². The van der Waals surface area contributed by atoms with Gasteiger partial charge >= 0.3 is 0 Å². The highest BCUT2D eigenvalue weighted by Gasteiger charge is 2.41. The molecule has 0 spiro atoms. The first-order valence-electron chi connectivity index (χ1n) is 7.36. The number of aromatic amines is 1. The Morgan fingerprint density at radius 3 is 2.86 bits per heavy atom. The number of carbonyl (C=O) groups is 1. The monoisotopic (exact) mass is 318 g/mol. The summed E-state index contributed by atoms with van der Waals surface area (Å²) in [5, 5.41) is 10.6. The number of nitrogens with zero attached hydrogens (tertiary/aromatic N) is 1. The van der Waals surface area contributed by atoms with Gasteiger partial charge in [-0.1, -0.05) is 29.8 Å². The largest absolute Gasteiger partial charge is 0.344 e. The lowest BCUT2D eigenvalue weighted by molar-refractivity contribution is 0.0892. The van der Waals surface area contributed by atoms with Crippen LogP contribution in [0.15, 0.2) is 30.3 Å². The molecule has 1 atom stereocenters. The van der Waals surface area contributed by atoms with Crippen LogP contribution in [0.2, 0.25) is 5.02 Å². The summed E-state index contributed by atoms with van der Waals surface area (Å²) in [5.41, 5.74) is 7.33. The molecule has 4 N–H and O–H groups in total. The Balaban J connectivity index is 1.79. The van der Waals surface area contributed by atoms with Gasteiger partial charge in [0.15, 0.2) is 0 Å². The minimum atomic E-state index is -0.354. The number of carbonyl (C=O) groups excluding carboxylic acids is 1. The molecule has 0 radical (unpaired) electrons. The number of hydrogen-bond acceptors (Lipinski definition) is 3. The number of aromatic nitrogens is 2. The Labute approximate surface area is 134 Å². The van der Waals surface area contributed by atoms with Crippen molar-refractivity contribution in [2.24, 2.45) is 11.7 Å². The molecule has 1 aromatic carbocycles. The van der Waals surface area contributed by atoms with E-state index < -0.39 is 0 Å². The van der Waals surface area contributed by atoms with Crippen LogP contribution in [0, 0.1) is 5.92 Å². The average Bonchev–Trinajstić information content (AvgIpc) is 3.26. The Kier molecular flexibility index (Phi) is 3.93. The van der Waals surface area contributed by atoms with Crippen molar-refractivity contribution < 1.29 is 4.79 Å². The molecular formula is C16H19ClN4O. The summed E-state index contributed by atoms with van der Waals surface area (Å²) >= 11 is 6.16. The van der Waals surface area contributed by atoms with Gasteiger partial charge in [0.25, 0.3) is 5.91 Å². The molecule has 1 unspecified atom stereocenters. The Hall–Kier alpha value is -1.85. The second-order valence-corrected chi connectivity index (χ2v) is 6.40. The predicted octanol–water partition coefficient (Wildman–Crippen LogP) is 2.59. The molecule has 1 aliphatic carbocycles. The van der Waals surface area contributed by atoms with E-state index in [-0.39, 0.29) is 11.4 Å². The van der Waals surface area contributed by atoms with Gasteiger partial charge < -0.3 is 11.1 Å². The van der Waals surface area contributed by atoms with Crippen molar-refractivity contribution in [1.82, 2.24) is 15.5 Å². The molecule has 1 aliphatic rings. The number of rotatable bonds is 5. The molecular weight excluding hydrogens is 300 g/mol. The molecule has 0 bridgehead atoms. The van der Waals surface area contributed by atoms with E-state index in [0.717, 1.165) is 18.4 Å². The summed E-state index contributed by atoms with van der Waals surface area (Å²) in [7, 11) is 0. The van der Waals surface area contributed by atoms with E-state index in [4.69, 9.17) is 17.3 Å². The highest BCUT2D eigenvalue weighted by molar-refractivity contribution is 6.33. The summed E-state index contributed by atoms with van der Waals surface area (Å²) in [5.74, 6) is 0.276. The van der Waals surface area contributed by atoms with Gasteiger partial charge in [0.1, 0.15) is 5.69 Å². The third-order valence-electron chi connectivity index (χ3n) is 4.27. The first-order chi connectivity index (χ1) is 10.5. The number of amides is 1. The van der Waals surface area contributed by atoms with Gasteiger partial charge in [0, 0.05) is 12.1 Å². The Morgan fingerprint density at radius 2 is 2.23 bits per heavy atom. The molecule has 2 aromatic rings. The smallest absolute Gasteiger partial charge is 0.269 e. The lowest BCUT2D eigenvalue weighted by atomic mass is 9.96. The van der Waals surface area contributed by atoms with Gasteiger partial charge in [0.2, 0.25) is 0 Å². The van der Waals surface area contributed by atoms with Gasteiger partial charge in [-0.3, -0.25) is 9.89 Å². The zero-order chi connectivity index (χ0) is 15.7. The molecule has 3 rings (SSSR count). The maximum atomic E-state index is 12.4. The van der Waals surface area contributed by atoms with Crippen LogP contribution in [0.1, 0.15) is 30.3 Å². The summed E-state index contributed by atoms with van der Waals surface area (Å²) < 4.78 is 0. The lowest BCUT2D eigenvalue weighted by Crippen LogP contribution is -2.53. The standard InChI is InChI=1S/C16H19ClN4O/c1-16(9-18,10-6-7-10)19-15(22)14-8-13(20-21-14)11-4-2-3-5-12(11)17/h2-5,8,10H,6-7,9,18H2,1H3,(H,19,22)(H,20,21). The van der Waals surface area contributed by atoms with Gasteiger partial charge in [0.05, 0.1) is 16.3 Å². The van der Waals surface area contributed by atoms with E-state index in [1.807, 2.05) is 25.1 Å². The quantitative estimate of drug-likeness (QED) is 0.792. The van der Waals surface area contributed by atoms with E-state index >= 15 is 0 Å². The Bertz CT molecular complexity index is 695. The van der Waals surface area contributed by atoms with Crippen molar-refractivity contribution in [1.29, 1.82) is 0 Å². The first kappa shape index (κ1) is 15.1. The van der Waals surface area contributed by atoms with Crippen molar-refractivity contribution in [3.63, 3.8) is 0 Å². The predicted molar refractivity (Wildman–Crippen MR) is 86.7 cm³/mol. The van der Waals surface area contributed by atoms with Crippen LogP contribution in [0.5, 0.6) is 0 Å². The van der Waals surface area contributed by atoms with Crippen LogP contribution in [-0.2, 0) is 0 Å². The molecule has 1 heterocycles. The highest BCUT2D eigenvalue weighted by atomic mass is 35.5. The van der Waals surface area contributed by atoms with Crippen LogP contribution < -0.4 is 11.1 Å². The van der Waals surface area contributed by atoms with Crippen LogP contribution in [0.25, 0.3) is 11.3 Å². The number of nitrogens with two attached hydrogens (primary N) is 1. The fraction of sp³-hybridized carbons (Fsp3) is 0.375. The fourth-order valence-corrected chi connectivity index (χ4v) is 2.84. The summed E-state index contributed by atoms with van der Waals surface area (Å²) in [6, 6.07) is 9.11. The van der Waals surface area contributed by atoms with E-state index in [9.17, 15) is 4.79 Å². The number of H-pyrrole nitrogens is 1. The van der Waals surface area contributed by atoms with Crippen molar-refractivity contribution in [2.75, 3.05) is 6.54 Å². The van der Waals surface area contributed by atoms with Gasteiger partial charge in [-0.15, -0.1) is 0 Å². The summed E-state index contributed by atoms with van der Waals surface area (Å²) in [6.07, 6.45) is 2.23. The molecule has 0 aliphatic heterocycles. The number of halogens is 1. The fourth-order valence-electron chi connectivity index (χ4n) is 2.61. The lowest BCUT2D eigenvalue weighted by Gasteiger charge is -2.29. The molecule has 1 aromatic heterocycles. The zero-order valence-corrected chi connectivity index (χ0v) is 13.2. The normalized spacial score (nSPS) is 17.0. The molecule has 5 nitrogen and oxygen atoms in total. The van der Waals surface area contributed by atoms with E-state index in [1.54, 1.807) is 12.1 Å².